The van der Waals surface area contributed by atoms with Crippen molar-refractivity contribution < 1.29 is 4.52 Å². The summed E-state index contributed by atoms with van der Waals surface area (Å²) in [4.78, 5) is 7.77. The average Bonchev–Trinajstić information content (AvgIpc) is 2.58. The highest BCUT2D eigenvalue weighted by Gasteiger charge is 1.99. The van der Waals surface area contributed by atoms with Gasteiger partial charge in [-0.15, -0.1) is 0 Å². The van der Waals surface area contributed by atoms with Crippen LogP contribution >= 0.6 is 0 Å². The Bertz CT molecular complexity index is 317. The van der Waals surface area contributed by atoms with Crippen molar-refractivity contribution in [1.29, 1.82) is 0 Å². The Morgan fingerprint density at radius 3 is 2.82 bits per heavy atom. The van der Waals surface area contributed by atoms with Crippen molar-refractivity contribution in [2.45, 2.75) is 0 Å². The summed E-state index contributed by atoms with van der Waals surface area (Å²) in [6.45, 7) is 0. The highest BCUT2D eigenvalue weighted by atomic mass is 16.5. The molecule has 0 unspecified atom stereocenters. The van der Waals surface area contributed by atoms with E-state index in [0.29, 0.717) is 0 Å². The maximum atomic E-state index is 4.66. The molecule has 2 aromatic heterocycles. The van der Waals surface area contributed by atoms with Gasteiger partial charge < -0.3 is 4.52 Å². The van der Waals surface area contributed by atoms with Gasteiger partial charge in [-0.25, -0.2) is 9.97 Å². The molecule has 0 radical (unpaired) electrons. The number of rotatable bonds is 1. The van der Waals surface area contributed by atoms with Crippen molar-refractivity contribution in [2.75, 3.05) is 0 Å². The largest absolute Gasteiger partial charge is 0.364 e. The van der Waals surface area contributed by atoms with Gasteiger partial charge in [-0.05, 0) is 6.07 Å². The van der Waals surface area contributed by atoms with Gasteiger partial charge in [-0.1, -0.05) is 5.16 Å². The van der Waals surface area contributed by atoms with Gasteiger partial charge in [-0.3, -0.25) is 0 Å². The molecule has 0 aliphatic carbocycles. The van der Waals surface area contributed by atoms with Crippen LogP contribution in [0.15, 0.2) is 35.4 Å². The first-order valence-corrected chi connectivity index (χ1v) is 3.13. The van der Waals surface area contributed by atoms with E-state index in [1.54, 1.807) is 18.3 Å². The fraction of sp³-hybridized carbons (Fsp3) is 0. The lowest BCUT2D eigenvalue weighted by Gasteiger charge is -1.89. The van der Waals surface area contributed by atoms with Crippen LogP contribution in [0.25, 0.3) is 11.4 Å². The average molecular weight is 147 g/mol. The van der Waals surface area contributed by atoms with Crippen molar-refractivity contribution in [2.24, 2.45) is 0 Å². The number of hydrogen-bond acceptors (Lipinski definition) is 4. The topological polar surface area (TPSA) is 51.8 Å². The van der Waals surface area contributed by atoms with E-state index in [0.717, 1.165) is 11.4 Å². The highest BCUT2D eigenvalue weighted by molar-refractivity contribution is 5.51. The zero-order valence-electron chi connectivity index (χ0n) is 5.64. The first-order valence-electron chi connectivity index (χ1n) is 3.13. The lowest BCUT2D eigenvalue weighted by molar-refractivity contribution is 0.422. The van der Waals surface area contributed by atoms with Gasteiger partial charge in [0.25, 0.3) is 0 Å². The molecule has 2 aromatic rings. The molecule has 0 atom stereocenters. The van der Waals surface area contributed by atoms with E-state index in [9.17, 15) is 0 Å². The molecule has 0 amide bonds. The highest BCUT2D eigenvalue weighted by Crippen LogP contribution is 2.10. The number of nitrogens with zero attached hydrogens (tertiary/aromatic N) is 3. The molecule has 0 spiro atoms. The Kier molecular flexibility index (Phi) is 1.37. The fourth-order valence-corrected chi connectivity index (χ4v) is 0.787. The lowest BCUT2D eigenvalue weighted by Crippen LogP contribution is -1.82. The summed E-state index contributed by atoms with van der Waals surface area (Å²) in [5.41, 5.74) is 1.50. The first kappa shape index (κ1) is 6.03. The van der Waals surface area contributed by atoms with E-state index in [2.05, 4.69) is 19.6 Å². The lowest BCUT2D eigenvalue weighted by atomic mass is 10.3. The molecule has 11 heavy (non-hydrogen) atoms. The second-order valence-electron chi connectivity index (χ2n) is 1.98. The molecular weight excluding hydrogens is 142 g/mol. The van der Waals surface area contributed by atoms with Crippen molar-refractivity contribution >= 4 is 0 Å². The summed E-state index contributed by atoms with van der Waals surface area (Å²) in [5, 5.41) is 3.72. The van der Waals surface area contributed by atoms with Gasteiger partial charge in [-0.2, -0.15) is 0 Å². The van der Waals surface area contributed by atoms with E-state index in [1.165, 1.54) is 12.6 Å². The smallest absolute Gasteiger partial charge is 0.132 e. The predicted octanol–water partition coefficient (Wildman–Crippen LogP) is 1.13. The zero-order chi connectivity index (χ0) is 7.52. The quantitative estimate of drug-likeness (QED) is 0.606. The van der Waals surface area contributed by atoms with E-state index < -0.39 is 0 Å². The molecule has 0 bridgehead atoms. The van der Waals surface area contributed by atoms with Crippen LogP contribution in [-0.4, -0.2) is 15.1 Å². The van der Waals surface area contributed by atoms with Crippen LogP contribution in [0.3, 0.4) is 0 Å². The monoisotopic (exact) mass is 147 g/mol. The van der Waals surface area contributed by atoms with Gasteiger partial charge >= 0.3 is 0 Å². The molecule has 0 saturated heterocycles. The van der Waals surface area contributed by atoms with E-state index >= 15 is 0 Å². The Labute approximate surface area is 62.9 Å². The van der Waals surface area contributed by atoms with Crippen LogP contribution in [-0.2, 0) is 0 Å². The summed E-state index contributed by atoms with van der Waals surface area (Å²) in [5.74, 6) is 0. The van der Waals surface area contributed by atoms with Crippen molar-refractivity contribution in [1.82, 2.24) is 15.1 Å². The standard InChI is InChI=1S/C7H5N3O/c1-3-8-5-9-6(1)7-2-4-11-10-7/h1-5H. The van der Waals surface area contributed by atoms with Gasteiger partial charge in [0.1, 0.15) is 18.3 Å². The molecule has 0 saturated carbocycles. The summed E-state index contributed by atoms with van der Waals surface area (Å²) < 4.78 is 4.66. The number of hydrogen-bond donors (Lipinski definition) is 0. The van der Waals surface area contributed by atoms with Crippen LogP contribution in [0, 0.1) is 0 Å². The van der Waals surface area contributed by atoms with Gasteiger partial charge in [0.2, 0.25) is 0 Å². The van der Waals surface area contributed by atoms with Crippen LogP contribution in [0.2, 0.25) is 0 Å². The van der Waals surface area contributed by atoms with Crippen molar-refractivity contribution in [3.63, 3.8) is 0 Å². The normalized spacial score (nSPS) is 9.82. The van der Waals surface area contributed by atoms with Crippen LogP contribution in [0.1, 0.15) is 0 Å². The molecule has 0 fully saturated rings. The van der Waals surface area contributed by atoms with Crippen LogP contribution < -0.4 is 0 Å². The van der Waals surface area contributed by atoms with Crippen LogP contribution in [0.4, 0.5) is 0 Å². The third-order valence-corrected chi connectivity index (χ3v) is 1.28. The molecule has 0 N–H and O–H groups in total. The van der Waals surface area contributed by atoms with E-state index in [-0.39, 0.29) is 0 Å². The molecule has 4 heteroatoms. The molecule has 4 nitrogen and oxygen atoms in total. The Balaban J connectivity index is 2.46. The minimum atomic E-state index is 0.729. The Morgan fingerprint density at radius 2 is 2.18 bits per heavy atom. The van der Waals surface area contributed by atoms with E-state index in [1.807, 2.05) is 0 Å². The maximum Gasteiger partial charge on any atom is 0.132 e. The molecule has 2 heterocycles. The van der Waals surface area contributed by atoms with Crippen molar-refractivity contribution in [3.05, 3.63) is 30.9 Å². The molecule has 0 aliphatic rings. The Morgan fingerprint density at radius 1 is 1.18 bits per heavy atom. The molecule has 54 valence electrons. The molecular formula is C7H5N3O. The SMILES string of the molecule is c1cc(-c2ccon2)ncn1. The maximum absolute atomic E-state index is 4.66. The van der Waals surface area contributed by atoms with Gasteiger partial charge in [0, 0.05) is 12.3 Å². The second-order valence-corrected chi connectivity index (χ2v) is 1.98. The van der Waals surface area contributed by atoms with Crippen molar-refractivity contribution in [3.8, 4) is 11.4 Å². The third kappa shape index (κ3) is 1.10. The predicted molar refractivity (Wildman–Crippen MR) is 37.5 cm³/mol. The van der Waals surface area contributed by atoms with Gasteiger partial charge in [0.05, 0.1) is 5.69 Å². The van der Waals surface area contributed by atoms with E-state index in [4.69, 9.17) is 0 Å². The minimum Gasteiger partial charge on any atom is -0.364 e. The summed E-state index contributed by atoms with van der Waals surface area (Å²) >= 11 is 0. The Hall–Kier alpha value is -1.71. The third-order valence-electron chi connectivity index (χ3n) is 1.28. The summed E-state index contributed by atoms with van der Waals surface area (Å²) in [6, 6.07) is 3.53. The summed E-state index contributed by atoms with van der Waals surface area (Å²) in [6.07, 6.45) is 4.65. The van der Waals surface area contributed by atoms with Gasteiger partial charge in [0.15, 0.2) is 0 Å². The summed E-state index contributed by atoms with van der Waals surface area (Å²) in [7, 11) is 0. The minimum absolute atomic E-state index is 0.729. The molecule has 0 aromatic carbocycles. The first-order chi connectivity index (χ1) is 5.47. The molecule has 2 rings (SSSR count). The zero-order valence-corrected chi connectivity index (χ0v) is 5.64. The second kappa shape index (κ2) is 2.49. The number of aromatic nitrogens is 3. The fourth-order valence-electron chi connectivity index (χ4n) is 0.787. The van der Waals surface area contributed by atoms with Crippen LogP contribution in [0.5, 0.6) is 0 Å². The molecule has 0 aliphatic heterocycles.